The van der Waals surface area contributed by atoms with Crippen LogP contribution in [-0.4, -0.2) is 24.0 Å². The molecule has 5 nitrogen and oxygen atoms in total. The maximum absolute atomic E-state index is 12.5. The fourth-order valence-electron chi connectivity index (χ4n) is 3.07. The van der Waals surface area contributed by atoms with Gasteiger partial charge in [-0.15, -0.1) is 0 Å². The first-order valence-electron chi connectivity index (χ1n) is 9.35. The van der Waals surface area contributed by atoms with Gasteiger partial charge in [0.1, 0.15) is 0 Å². The van der Waals surface area contributed by atoms with Crippen LogP contribution in [0.25, 0.3) is 11.3 Å². The molecule has 0 bridgehead atoms. The zero-order valence-corrected chi connectivity index (χ0v) is 15.9. The van der Waals surface area contributed by atoms with Gasteiger partial charge in [-0.05, 0) is 25.0 Å². The number of aromatic nitrogens is 1. The van der Waals surface area contributed by atoms with Crippen molar-refractivity contribution in [3.05, 3.63) is 72.2 Å². The third-order valence-electron chi connectivity index (χ3n) is 4.45. The molecule has 1 unspecified atom stereocenters. The Hall–Kier alpha value is -2.92. The number of rotatable bonds is 8. The number of nitrogens with zero attached hydrogens (tertiary/aromatic N) is 1. The van der Waals surface area contributed by atoms with Gasteiger partial charge in [-0.25, -0.2) is 4.98 Å². The second-order valence-electron chi connectivity index (χ2n) is 6.70. The fourth-order valence-corrected chi connectivity index (χ4v) is 3.07. The van der Waals surface area contributed by atoms with Crippen LogP contribution in [0.4, 0.5) is 5.69 Å². The molecule has 140 valence electrons. The Morgan fingerprint density at radius 3 is 2.59 bits per heavy atom. The third kappa shape index (κ3) is 5.28. The summed E-state index contributed by atoms with van der Waals surface area (Å²) in [6.45, 7) is 5.95. The molecule has 1 heterocycles. The SMILES string of the molecule is CCC[NH+](CC(=O)Nc1ccccc1C)Cc1ncc(-c2ccccc2)o1. The van der Waals surface area contributed by atoms with Crippen LogP contribution < -0.4 is 10.2 Å². The highest BCUT2D eigenvalue weighted by atomic mass is 16.4. The fraction of sp³-hybridized carbons (Fsp3) is 0.273. The molecule has 1 aromatic heterocycles. The van der Waals surface area contributed by atoms with Gasteiger partial charge in [-0.1, -0.05) is 55.5 Å². The minimum atomic E-state index is 0.00240. The van der Waals surface area contributed by atoms with Gasteiger partial charge in [0.25, 0.3) is 11.8 Å². The van der Waals surface area contributed by atoms with E-state index in [1.165, 1.54) is 0 Å². The van der Waals surface area contributed by atoms with Gasteiger partial charge in [0, 0.05) is 11.3 Å². The van der Waals surface area contributed by atoms with E-state index in [0.717, 1.165) is 40.4 Å². The second kappa shape index (κ2) is 9.14. The first-order valence-corrected chi connectivity index (χ1v) is 9.35. The van der Waals surface area contributed by atoms with Crippen LogP contribution in [0, 0.1) is 6.92 Å². The topological polar surface area (TPSA) is 59.6 Å². The number of hydrogen-bond donors (Lipinski definition) is 2. The third-order valence-corrected chi connectivity index (χ3v) is 4.45. The monoisotopic (exact) mass is 364 g/mol. The smallest absolute Gasteiger partial charge is 0.279 e. The molecule has 3 aromatic rings. The standard InChI is InChI=1S/C22H25N3O2/c1-3-13-25(15-21(26)24-19-12-8-7-9-17(19)2)16-22-23-14-20(27-22)18-10-5-4-6-11-18/h4-12,14H,3,13,15-16H2,1-2H3,(H,24,26)/p+1. The number of hydrogen-bond acceptors (Lipinski definition) is 3. The van der Waals surface area contributed by atoms with Crippen LogP contribution >= 0.6 is 0 Å². The number of carbonyl (C=O) groups is 1. The van der Waals surface area contributed by atoms with Gasteiger partial charge in [-0.2, -0.15) is 0 Å². The van der Waals surface area contributed by atoms with Crippen molar-refractivity contribution in [2.24, 2.45) is 0 Å². The number of aryl methyl sites for hydroxylation is 1. The Labute approximate surface area is 160 Å². The van der Waals surface area contributed by atoms with E-state index >= 15 is 0 Å². The van der Waals surface area contributed by atoms with Crippen molar-refractivity contribution >= 4 is 11.6 Å². The molecule has 0 spiro atoms. The largest absolute Gasteiger partial charge is 0.435 e. The van der Waals surface area contributed by atoms with E-state index in [-0.39, 0.29) is 5.91 Å². The summed E-state index contributed by atoms with van der Waals surface area (Å²) in [4.78, 5) is 18.0. The van der Waals surface area contributed by atoms with Crippen molar-refractivity contribution in [1.82, 2.24) is 4.98 Å². The van der Waals surface area contributed by atoms with Crippen molar-refractivity contribution in [1.29, 1.82) is 0 Å². The highest BCUT2D eigenvalue weighted by Crippen LogP contribution is 2.19. The van der Waals surface area contributed by atoms with E-state index in [1.54, 1.807) is 6.20 Å². The van der Waals surface area contributed by atoms with Crippen molar-refractivity contribution in [2.75, 3.05) is 18.4 Å². The van der Waals surface area contributed by atoms with Crippen molar-refractivity contribution in [3.8, 4) is 11.3 Å². The van der Waals surface area contributed by atoms with Crippen LogP contribution in [0.5, 0.6) is 0 Å². The van der Waals surface area contributed by atoms with Gasteiger partial charge < -0.3 is 14.6 Å². The van der Waals surface area contributed by atoms with Crippen molar-refractivity contribution in [2.45, 2.75) is 26.8 Å². The molecule has 0 aliphatic heterocycles. The Morgan fingerprint density at radius 1 is 1.11 bits per heavy atom. The molecule has 2 aromatic carbocycles. The summed E-state index contributed by atoms with van der Waals surface area (Å²) in [5.74, 6) is 1.41. The quantitative estimate of drug-likeness (QED) is 0.646. The van der Waals surface area contributed by atoms with Crippen LogP contribution in [0.15, 0.2) is 65.2 Å². The number of quaternary nitrogens is 1. The molecular formula is C22H26N3O2+. The van der Waals surface area contributed by atoms with E-state index in [1.807, 2.05) is 61.5 Å². The predicted octanol–water partition coefficient (Wildman–Crippen LogP) is 3.08. The lowest BCUT2D eigenvalue weighted by molar-refractivity contribution is -0.907. The Bertz CT molecular complexity index is 874. The van der Waals surface area contributed by atoms with Crippen molar-refractivity contribution in [3.63, 3.8) is 0 Å². The molecular weight excluding hydrogens is 338 g/mol. The Balaban J connectivity index is 1.63. The highest BCUT2D eigenvalue weighted by molar-refractivity contribution is 5.92. The molecule has 0 saturated carbocycles. The normalized spacial score (nSPS) is 11.9. The first-order chi connectivity index (χ1) is 13.2. The summed E-state index contributed by atoms with van der Waals surface area (Å²) in [7, 11) is 0. The molecule has 0 fully saturated rings. The van der Waals surface area contributed by atoms with E-state index in [0.29, 0.717) is 19.0 Å². The minimum absolute atomic E-state index is 0.00240. The molecule has 27 heavy (non-hydrogen) atoms. The average molecular weight is 364 g/mol. The second-order valence-corrected chi connectivity index (χ2v) is 6.70. The first kappa shape index (κ1) is 18.9. The van der Waals surface area contributed by atoms with Gasteiger partial charge in [0.05, 0.1) is 12.7 Å². The summed E-state index contributed by atoms with van der Waals surface area (Å²) in [5.41, 5.74) is 2.93. The van der Waals surface area contributed by atoms with E-state index < -0.39 is 0 Å². The van der Waals surface area contributed by atoms with E-state index in [2.05, 4.69) is 17.2 Å². The zero-order chi connectivity index (χ0) is 19.1. The Kier molecular flexibility index (Phi) is 6.39. The number of nitrogens with one attached hydrogen (secondary N) is 2. The number of amides is 1. The van der Waals surface area contributed by atoms with E-state index in [4.69, 9.17) is 4.42 Å². The molecule has 0 aliphatic carbocycles. The minimum Gasteiger partial charge on any atom is -0.435 e. The Morgan fingerprint density at radius 2 is 1.85 bits per heavy atom. The van der Waals surface area contributed by atoms with Crippen LogP contribution in [0.1, 0.15) is 24.8 Å². The molecule has 3 rings (SSSR count). The predicted molar refractivity (Wildman–Crippen MR) is 106 cm³/mol. The maximum atomic E-state index is 12.5. The highest BCUT2D eigenvalue weighted by Gasteiger charge is 2.18. The molecule has 0 saturated heterocycles. The lowest BCUT2D eigenvalue weighted by Gasteiger charge is -2.17. The van der Waals surface area contributed by atoms with Gasteiger partial charge in [0.2, 0.25) is 0 Å². The van der Waals surface area contributed by atoms with Gasteiger partial charge >= 0.3 is 0 Å². The van der Waals surface area contributed by atoms with Crippen molar-refractivity contribution < 1.29 is 14.1 Å². The zero-order valence-electron chi connectivity index (χ0n) is 15.9. The van der Waals surface area contributed by atoms with Gasteiger partial charge in [0.15, 0.2) is 18.8 Å². The lowest BCUT2D eigenvalue weighted by atomic mass is 10.2. The molecule has 1 amide bonds. The maximum Gasteiger partial charge on any atom is 0.279 e. The molecule has 2 N–H and O–H groups in total. The molecule has 5 heteroatoms. The number of para-hydroxylation sites is 1. The number of carbonyl (C=O) groups excluding carboxylic acids is 1. The summed E-state index contributed by atoms with van der Waals surface area (Å²) >= 11 is 0. The van der Waals surface area contributed by atoms with E-state index in [9.17, 15) is 4.79 Å². The average Bonchev–Trinajstić information content (AvgIpc) is 3.13. The van der Waals surface area contributed by atoms with Crippen LogP contribution in [0.2, 0.25) is 0 Å². The van der Waals surface area contributed by atoms with Crippen LogP contribution in [0.3, 0.4) is 0 Å². The van der Waals surface area contributed by atoms with Gasteiger partial charge in [-0.3, -0.25) is 4.79 Å². The lowest BCUT2D eigenvalue weighted by Crippen LogP contribution is -3.11. The summed E-state index contributed by atoms with van der Waals surface area (Å²) in [5, 5.41) is 3.01. The summed E-state index contributed by atoms with van der Waals surface area (Å²) in [6.07, 6.45) is 2.74. The summed E-state index contributed by atoms with van der Waals surface area (Å²) in [6, 6.07) is 17.7. The summed E-state index contributed by atoms with van der Waals surface area (Å²) < 4.78 is 5.90. The molecule has 0 aliphatic rings. The molecule has 0 radical (unpaired) electrons. The number of benzene rings is 2. The molecule has 1 atom stereocenters. The number of oxazole rings is 1. The van der Waals surface area contributed by atoms with Crippen LogP contribution in [-0.2, 0) is 11.3 Å². The number of anilines is 1.